The molecule has 0 unspecified atom stereocenters. The van der Waals surface area contributed by atoms with E-state index in [1.54, 1.807) is 0 Å². The zero-order chi connectivity index (χ0) is 8.69. The summed E-state index contributed by atoms with van der Waals surface area (Å²) in [5.41, 5.74) is 0. The Morgan fingerprint density at radius 2 is 1.64 bits per heavy atom. The van der Waals surface area contributed by atoms with E-state index >= 15 is 0 Å². The van der Waals surface area contributed by atoms with Crippen molar-refractivity contribution in [2.45, 2.75) is 6.42 Å². The summed E-state index contributed by atoms with van der Waals surface area (Å²) >= 11 is 0. The minimum atomic E-state index is 0.298. The van der Waals surface area contributed by atoms with E-state index in [2.05, 4.69) is 30.9 Å². The van der Waals surface area contributed by atoms with Crippen LogP contribution in [0.2, 0.25) is 0 Å². The number of hydrogen-bond acceptors (Lipinski definition) is 3. The Kier molecular flexibility index (Phi) is 6.51. The molecule has 0 aliphatic heterocycles. The summed E-state index contributed by atoms with van der Waals surface area (Å²) in [4.78, 5) is 4.39. The summed E-state index contributed by atoms with van der Waals surface area (Å²) in [6, 6.07) is 0. The molecule has 0 aromatic heterocycles. The zero-order valence-electron chi connectivity index (χ0n) is 7.88. The van der Waals surface area contributed by atoms with Gasteiger partial charge in [0, 0.05) is 26.2 Å². The van der Waals surface area contributed by atoms with Gasteiger partial charge in [-0.15, -0.1) is 0 Å². The summed E-state index contributed by atoms with van der Waals surface area (Å²) < 4.78 is 0. The van der Waals surface area contributed by atoms with Crippen LogP contribution >= 0.6 is 0 Å². The van der Waals surface area contributed by atoms with Crippen molar-refractivity contribution in [1.82, 2.24) is 9.80 Å². The minimum Gasteiger partial charge on any atom is -0.396 e. The highest BCUT2D eigenvalue weighted by atomic mass is 16.3. The second-order valence-electron chi connectivity index (χ2n) is 3.18. The molecule has 0 bridgehead atoms. The van der Waals surface area contributed by atoms with E-state index in [1.807, 2.05) is 0 Å². The van der Waals surface area contributed by atoms with Gasteiger partial charge in [-0.2, -0.15) is 0 Å². The Hall–Kier alpha value is -0.120. The Morgan fingerprint density at radius 1 is 1.00 bits per heavy atom. The molecule has 0 aliphatic carbocycles. The second kappa shape index (κ2) is 6.58. The van der Waals surface area contributed by atoms with E-state index in [0.29, 0.717) is 6.61 Å². The Labute approximate surface area is 69.6 Å². The number of likely N-dealkylation sites (N-methyl/N-ethyl adjacent to an activating group) is 2. The number of aliphatic hydroxyl groups is 1. The molecule has 68 valence electrons. The van der Waals surface area contributed by atoms with Gasteiger partial charge in [-0.3, -0.25) is 0 Å². The molecular weight excluding hydrogens is 140 g/mol. The molecule has 0 spiro atoms. The lowest BCUT2D eigenvalue weighted by Crippen LogP contribution is -2.29. The zero-order valence-corrected chi connectivity index (χ0v) is 7.88. The maximum absolute atomic E-state index is 8.56. The standard InChI is InChI=1S/C8H20N2O/c1-9(2)6-7-10(3)5-4-8-11/h11H,4-8H2,1-3H3. The third-order valence-corrected chi connectivity index (χ3v) is 1.63. The van der Waals surface area contributed by atoms with Crippen molar-refractivity contribution in [2.24, 2.45) is 0 Å². The van der Waals surface area contributed by atoms with Crippen LogP contribution in [0.4, 0.5) is 0 Å². The first-order chi connectivity index (χ1) is 5.16. The lowest BCUT2D eigenvalue weighted by atomic mass is 10.4. The summed E-state index contributed by atoms with van der Waals surface area (Å²) in [5, 5.41) is 8.56. The van der Waals surface area contributed by atoms with Crippen LogP contribution in [0.25, 0.3) is 0 Å². The minimum absolute atomic E-state index is 0.298. The molecular formula is C8H20N2O. The van der Waals surface area contributed by atoms with E-state index < -0.39 is 0 Å². The first-order valence-electron chi connectivity index (χ1n) is 4.11. The van der Waals surface area contributed by atoms with Crippen LogP contribution in [-0.4, -0.2) is 62.3 Å². The molecule has 0 heterocycles. The first kappa shape index (κ1) is 10.9. The molecule has 0 aliphatic rings. The Morgan fingerprint density at radius 3 is 2.09 bits per heavy atom. The van der Waals surface area contributed by atoms with Crippen molar-refractivity contribution in [3.8, 4) is 0 Å². The number of hydrogen-bond donors (Lipinski definition) is 1. The van der Waals surface area contributed by atoms with Gasteiger partial charge in [0.15, 0.2) is 0 Å². The average molecular weight is 160 g/mol. The first-order valence-corrected chi connectivity index (χ1v) is 4.11. The van der Waals surface area contributed by atoms with Gasteiger partial charge in [-0.25, -0.2) is 0 Å². The van der Waals surface area contributed by atoms with Crippen LogP contribution in [0.1, 0.15) is 6.42 Å². The van der Waals surface area contributed by atoms with E-state index in [0.717, 1.165) is 26.1 Å². The van der Waals surface area contributed by atoms with Crippen LogP contribution in [0, 0.1) is 0 Å². The maximum atomic E-state index is 8.56. The van der Waals surface area contributed by atoms with E-state index in [9.17, 15) is 0 Å². The molecule has 0 radical (unpaired) electrons. The third-order valence-electron chi connectivity index (χ3n) is 1.63. The van der Waals surface area contributed by atoms with E-state index in [4.69, 9.17) is 5.11 Å². The molecule has 0 saturated heterocycles. The molecule has 0 aromatic carbocycles. The summed E-state index contributed by atoms with van der Waals surface area (Å²) in [7, 11) is 6.22. The molecule has 0 rings (SSSR count). The highest BCUT2D eigenvalue weighted by molar-refractivity contribution is 4.53. The highest BCUT2D eigenvalue weighted by Crippen LogP contribution is 1.86. The molecule has 3 heteroatoms. The van der Waals surface area contributed by atoms with Crippen LogP contribution in [0.15, 0.2) is 0 Å². The second-order valence-corrected chi connectivity index (χ2v) is 3.18. The quantitative estimate of drug-likeness (QED) is 0.586. The van der Waals surface area contributed by atoms with Crippen molar-refractivity contribution in [3.63, 3.8) is 0 Å². The largest absolute Gasteiger partial charge is 0.396 e. The number of aliphatic hydroxyl groups excluding tert-OH is 1. The van der Waals surface area contributed by atoms with Crippen molar-refractivity contribution in [1.29, 1.82) is 0 Å². The van der Waals surface area contributed by atoms with Gasteiger partial charge in [0.2, 0.25) is 0 Å². The third kappa shape index (κ3) is 7.78. The molecule has 0 fully saturated rings. The van der Waals surface area contributed by atoms with Gasteiger partial charge in [0.25, 0.3) is 0 Å². The van der Waals surface area contributed by atoms with Crippen LogP contribution in [-0.2, 0) is 0 Å². The number of rotatable bonds is 6. The Bertz CT molecular complexity index is 86.2. The maximum Gasteiger partial charge on any atom is 0.0443 e. The highest BCUT2D eigenvalue weighted by Gasteiger charge is 1.97. The van der Waals surface area contributed by atoms with E-state index in [-0.39, 0.29) is 0 Å². The molecule has 1 N–H and O–H groups in total. The van der Waals surface area contributed by atoms with E-state index in [1.165, 1.54) is 0 Å². The predicted octanol–water partition coefficient (Wildman–Crippen LogP) is -0.138. The number of nitrogens with zero attached hydrogens (tertiary/aromatic N) is 2. The molecule has 0 aromatic rings. The smallest absolute Gasteiger partial charge is 0.0443 e. The average Bonchev–Trinajstić information content (AvgIpc) is 1.97. The molecule has 11 heavy (non-hydrogen) atoms. The van der Waals surface area contributed by atoms with Crippen LogP contribution in [0.5, 0.6) is 0 Å². The van der Waals surface area contributed by atoms with Crippen molar-refractivity contribution >= 4 is 0 Å². The van der Waals surface area contributed by atoms with Gasteiger partial charge in [0.1, 0.15) is 0 Å². The van der Waals surface area contributed by atoms with Gasteiger partial charge in [0.05, 0.1) is 0 Å². The monoisotopic (exact) mass is 160 g/mol. The van der Waals surface area contributed by atoms with Crippen LogP contribution in [0.3, 0.4) is 0 Å². The summed E-state index contributed by atoms with van der Waals surface area (Å²) in [6.07, 6.45) is 0.879. The molecule has 0 atom stereocenters. The lowest BCUT2D eigenvalue weighted by Gasteiger charge is -2.18. The van der Waals surface area contributed by atoms with Gasteiger partial charge >= 0.3 is 0 Å². The van der Waals surface area contributed by atoms with Gasteiger partial charge in [-0.05, 0) is 27.6 Å². The predicted molar refractivity (Wildman–Crippen MR) is 47.8 cm³/mol. The SMILES string of the molecule is CN(C)CCN(C)CCCO. The molecule has 3 nitrogen and oxygen atoms in total. The lowest BCUT2D eigenvalue weighted by molar-refractivity contribution is 0.234. The fourth-order valence-corrected chi connectivity index (χ4v) is 0.823. The fraction of sp³-hybridized carbons (Fsp3) is 1.00. The summed E-state index contributed by atoms with van der Waals surface area (Å²) in [6.45, 7) is 3.45. The Balaban J connectivity index is 3.15. The topological polar surface area (TPSA) is 26.7 Å². The molecule has 0 saturated carbocycles. The van der Waals surface area contributed by atoms with Crippen molar-refractivity contribution in [3.05, 3.63) is 0 Å². The van der Waals surface area contributed by atoms with Gasteiger partial charge < -0.3 is 14.9 Å². The van der Waals surface area contributed by atoms with Gasteiger partial charge in [-0.1, -0.05) is 0 Å². The normalized spacial score (nSPS) is 11.5. The summed E-state index contributed by atoms with van der Waals surface area (Å²) in [5.74, 6) is 0. The van der Waals surface area contributed by atoms with Crippen LogP contribution < -0.4 is 0 Å². The molecule has 0 amide bonds. The fourth-order valence-electron chi connectivity index (χ4n) is 0.823. The van der Waals surface area contributed by atoms with Crippen molar-refractivity contribution in [2.75, 3.05) is 47.4 Å². The van der Waals surface area contributed by atoms with Crippen molar-refractivity contribution < 1.29 is 5.11 Å².